The third-order valence-corrected chi connectivity index (χ3v) is 2.90. The maximum atomic E-state index is 9.69. The van der Waals surface area contributed by atoms with E-state index >= 15 is 0 Å². The highest BCUT2D eigenvalue weighted by Gasteiger charge is 2.01. The van der Waals surface area contributed by atoms with Crippen LogP contribution in [0.4, 0.5) is 0 Å². The standard InChI is InChI=1S/C14H24N2O2/c1-12-4-5-14(17)13(10-12)11-15-6-7-16(2)8-9-18-3/h4-5,10,15,17H,6-9,11H2,1-3H3. The number of hydrogen-bond acceptors (Lipinski definition) is 4. The Balaban J connectivity index is 2.23. The summed E-state index contributed by atoms with van der Waals surface area (Å²) in [4.78, 5) is 2.21. The summed E-state index contributed by atoms with van der Waals surface area (Å²) in [6.45, 7) is 6.29. The van der Waals surface area contributed by atoms with Crippen LogP contribution in [0, 0.1) is 6.92 Å². The van der Waals surface area contributed by atoms with Crippen LogP contribution in [0.15, 0.2) is 18.2 Å². The van der Waals surface area contributed by atoms with Gasteiger partial charge in [0.15, 0.2) is 0 Å². The number of phenols is 1. The first kappa shape index (κ1) is 15.0. The fraction of sp³-hybridized carbons (Fsp3) is 0.571. The normalized spacial score (nSPS) is 11.1. The molecule has 0 saturated heterocycles. The lowest BCUT2D eigenvalue weighted by Gasteiger charge is -2.16. The number of aromatic hydroxyl groups is 1. The predicted octanol–water partition coefficient (Wildman–Crippen LogP) is 1.37. The molecule has 4 heteroatoms. The van der Waals surface area contributed by atoms with Crippen LogP contribution in [0.5, 0.6) is 5.75 Å². The van der Waals surface area contributed by atoms with Crippen LogP contribution in [-0.4, -0.2) is 50.4 Å². The fourth-order valence-corrected chi connectivity index (χ4v) is 1.71. The number of phenolic OH excluding ortho intramolecular Hbond substituents is 1. The van der Waals surface area contributed by atoms with Gasteiger partial charge in [0.25, 0.3) is 0 Å². The molecule has 0 radical (unpaired) electrons. The average molecular weight is 252 g/mol. The van der Waals surface area contributed by atoms with Gasteiger partial charge in [0.2, 0.25) is 0 Å². The van der Waals surface area contributed by atoms with Crippen LogP contribution in [0.3, 0.4) is 0 Å². The minimum Gasteiger partial charge on any atom is -0.508 e. The Bertz CT molecular complexity index is 356. The summed E-state index contributed by atoms with van der Waals surface area (Å²) in [5, 5.41) is 13.0. The van der Waals surface area contributed by atoms with Gasteiger partial charge in [0.05, 0.1) is 6.61 Å². The van der Waals surface area contributed by atoms with Gasteiger partial charge in [-0.05, 0) is 20.0 Å². The van der Waals surface area contributed by atoms with E-state index in [1.807, 2.05) is 19.1 Å². The van der Waals surface area contributed by atoms with Crippen LogP contribution in [0.25, 0.3) is 0 Å². The highest BCUT2D eigenvalue weighted by atomic mass is 16.5. The highest BCUT2D eigenvalue weighted by Crippen LogP contribution is 2.17. The van der Waals surface area contributed by atoms with Gasteiger partial charge in [-0.25, -0.2) is 0 Å². The molecule has 0 amide bonds. The lowest BCUT2D eigenvalue weighted by atomic mass is 10.1. The zero-order chi connectivity index (χ0) is 13.4. The molecule has 0 aromatic heterocycles. The van der Waals surface area contributed by atoms with E-state index in [9.17, 15) is 5.11 Å². The molecule has 2 N–H and O–H groups in total. The minimum absolute atomic E-state index is 0.362. The number of ether oxygens (including phenoxy) is 1. The van der Waals surface area contributed by atoms with Crippen molar-refractivity contribution in [3.63, 3.8) is 0 Å². The molecule has 1 aromatic rings. The molecule has 0 saturated carbocycles. The average Bonchev–Trinajstić information content (AvgIpc) is 2.36. The van der Waals surface area contributed by atoms with E-state index in [1.165, 1.54) is 5.56 Å². The first-order valence-electron chi connectivity index (χ1n) is 6.30. The SMILES string of the molecule is COCCN(C)CCNCc1cc(C)ccc1O. The number of nitrogens with one attached hydrogen (secondary N) is 1. The maximum absolute atomic E-state index is 9.69. The van der Waals surface area contributed by atoms with Gasteiger partial charge in [-0.1, -0.05) is 17.7 Å². The Morgan fingerprint density at radius 2 is 2.11 bits per heavy atom. The Kier molecular flexibility index (Phi) is 6.72. The molecule has 0 aliphatic rings. The zero-order valence-electron chi connectivity index (χ0n) is 11.6. The van der Waals surface area contributed by atoms with Crippen molar-refractivity contribution < 1.29 is 9.84 Å². The number of nitrogens with zero attached hydrogens (tertiary/aromatic N) is 1. The second kappa shape index (κ2) is 8.08. The molecule has 1 aromatic carbocycles. The topological polar surface area (TPSA) is 44.7 Å². The van der Waals surface area contributed by atoms with Crippen LogP contribution in [0.1, 0.15) is 11.1 Å². The molecule has 0 aliphatic carbocycles. The smallest absolute Gasteiger partial charge is 0.120 e. The molecular weight excluding hydrogens is 228 g/mol. The van der Waals surface area contributed by atoms with Gasteiger partial charge < -0.3 is 20.1 Å². The number of aryl methyl sites for hydroxylation is 1. The van der Waals surface area contributed by atoms with Crippen molar-refractivity contribution in [2.75, 3.05) is 40.4 Å². The maximum Gasteiger partial charge on any atom is 0.120 e. The van der Waals surface area contributed by atoms with Crippen molar-refractivity contribution in [3.8, 4) is 5.75 Å². The van der Waals surface area contributed by atoms with Crippen molar-refractivity contribution in [1.29, 1.82) is 0 Å². The third-order valence-electron chi connectivity index (χ3n) is 2.90. The Morgan fingerprint density at radius 1 is 1.33 bits per heavy atom. The minimum atomic E-state index is 0.362. The Hall–Kier alpha value is -1.10. The monoisotopic (exact) mass is 252 g/mol. The summed E-state index contributed by atoms with van der Waals surface area (Å²) in [7, 11) is 3.79. The van der Waals surface area contributed by atoms with Crippen LogP contribution >= 0.6 is 0 Å². The number of methoxy groups -OCH3 is 1. The van der Waals surface area contributed by atoms with Crippen molar-refractivity contribution in [1.82, 2.24) is 10.2 Å². The van der Waals surface area contributed by atoms with E-state index in [-0.39, 0.29) is 0 Å². The number of likely N-dealkylation sites (N-methyl/N-ethyl adjacent to an activating group) is 1. The molecule has 0 heterocycles. The molecule has 0 unspecified atom stereocenters. The quantitative estimate of drug-likeness (QED) is 0.686. The molecule has 1 rings (SSSR count). The molecule has 4 nitrogen and oxygen atoms in total. The van der Waals surface area contributed by atoms with Gasteiger partial charge in [-0.15, -0.1) is 0 Å². The zero-order valence-corrected chi connectivity index (χ0v) is 11.6. The van der Waals surface area contributed by atoms with Crippen LogP contribution in [-0.2, 0) is 11.3 Å². The van der Waals surface area contributed by atoms with E-state index in [2.05, 4.69) is 17.3 Å². The van der Waals surface area contributed by atoms with E-state index in [4.69, 9.17) is 4.74 Å². The molecule has 0 aliphatic heterocycles. The van der Waals surface area contributed by atoms with E-state index in [1.54, 1.807) is 13.2 Å². The molecular formula is C14H24N2O2. The first-order chi connectivity index (χ1) is 8.63. The van der Waals surface area contributed by atoms with E-state index < -0.39 is 0 Å². The lowest BCUT2D eigenvalue weighted by Crippen LogP contribution is -2.31. The summed E-state index contributed by atoms with van der Waals surface area (Å²) >= 11 is 0. The molecule has 0 spiro atoms. The third kappa shape index (κ3) is 5.49. The van der Waals surface area contributed by atoms with E-state index in [0.29, 0.717) is 12.3 Å². The van der Waals surface area contributed by atoms with Crippen molar-refractivity contribution in [2.24, 2.45) is 0 Å². The summed E-state index contributed by atoms with van der Waals surface area (Å²) in [6, 6.07) is 5.67. The summed E-state index contributed by atoms with van der Waals surface area (Å²) in [5.74, 6) is 0.362. The number of rotatable bonds is 8. The Morgan fingerprint density at radius 3 is 2.83 bits per heavy atom. The summed E-state index contributed by atoms with van der Waals surface area (Å²) in [6.07, 6.45) is 0. The predicted molar refractivity (Wildman–Crippen MR) is 73.9 cm³/mol. The van der Waals surface area contributed by atoms with E-state index in [0.717, 1.165) is 31.8 Å². The highest BCUT2D eigenvalue weighted by molar-refractivity contribution is 5.35. The van der Waals surface area contributed by atoms with Crippen molar-refractivity contribution in [2.45, 2.75) is 13.5 Å². The molecule has 18 heavy (non-hydrogen) atoms. The van der Waals surface area contributed by atoms with Gasteiger partial charge in [0, 0.05) is 38.9 Å². The van der Waals surface area contributed by atoms with Gasteiger partial charge in [-0.2, -0.15) is 0 Å². The molecule has 0 fully saturated rings. The fourth-order valence-electron chi connectivity index (χ4n) is 1.71. The first-order valence-corrected chi connectivity index (χ1v) is 6.30. The van der Waals surface area contributed by atoms with Gasteiger partial charge in [0.1, 0.15) is 5.75 Å². The number of benzene rings is 1. The Labute approximate surface area is 110 Å². The summed E-state index contributed by atoms with van der Waals surface area (Å²) < 4.78 is 5.02. The van der Waals surface area contributed by atoms with Crippen LogP contribution in [0.2, 0.25) is 0 Å². The lowest BCUT2D eigenvalue weighted by molar-refractivity contribution is 0.161. The van der Waals surface area contributed by atoms with Crippen LogP contribution < -0.4 is 5.32 Å². The van der Waals surface area contributed by atoms with Crippen molar-refractivity contribution >= 4 is 0 Å². The second-order valence-corrected chi connectivity index (χ2v) is 4.61. The van der Waals surface area contributed by atoms with Gasteiger partial charge in [-0.3, -0.25) is 0 Å². The van der Waals surface area contributed by atoms with Crippen molar-refractivity contribution in [3.05, 3.63) is 29.3 Å². The number of hydrogen-bond donors (Lipinski definition) is 2. The molecule has 0 atom stereocenters. The molecule has 0 bridgehead atoms. The summed E-state index contributed by atoms with van der Waals surface area (Å²) in [5.41, 5.74) is 2.12. The molecule has 102 valence electrons. The largest absolute Gasteiger partial charge is 0.508 e. The second-order valence-electron chi connectivity index (χ2n) is 4.61. The van der Waals surface area contributed by atoms with Gasteiger partial charge >= 0.3 is 0 Å².